The highest BCUT2D eigenvalue weighted by atomic mass is 16.3. The van der Waals surface area contributed by atoms with Gasteiger partial charge in [0.25, 0.3) is 5.91 Å². The number of para-hydroxylation sites is 1. The van der Waals surface area contributed by atoms with Crippen molar-refractivity contribution in [3.63, 3.8) is 0 Å². The number of nitrogens with zero attached hydrogens (tertiary/aromatic N) is 2. The van der Waals surface area contributed by atoms with Gasteiger partial charge in [-0.2, -0.15) is 0 Å². The highest BCUT2D eigenvalue weighted by molar-refractivity contribution is 5.97. The standard InChI is InChI=1S/C15H19N3O3/c19-13-4-2-1-3-12(13)15(21)18-7-5-17(6-8-18)14(20)11-9-16-10-11/h1-4,11,16,19H,5-10H2. The molecule has 2 fully saturated rings. The number of hydrogen-bond acceptors (Lipinski definition) is 4. The normalized spacial score (nSPS) is 19.2. The smallest absolute Gasteiger partial charge is 0.257 e. The van der Waals surface area contributed by atoms with Crippen molar-refractivity contribution in [2.75, 3.05) is 39.3 Å². The van der Waals surface area contributed by atoms with E-state index < -0.39 is 0 Å². The molecule has 2 N–H and O–H groups in total. The van der Waals surface area contributed by atoms with Crippen LogP contribution in [-0.2, 0) is 4.79 Å². The molecule has 0 spiro atoms. The molecule has 1 aromatic carbocycles. The monoisotopic (exact) mass is 289 g/mol. The second kappa shape index (κ2) is 5.73. The van der Waals surface area contributed by atoms with Gasteiger partial charge in [0.05, 0.1) is 11.5 Å². The number of phenolic OH excluding ortho intramolecular Hbond substituents is 1. The Morgan fingerprint density at radius 2 is 1.67 bits per heavy atom. The van der Waals surface area contributed by atoms with Gasteiger partial charge >= 0.3 is 0 Å². The van der Waals surface area contributed by atoms with Gasteiger partial charge in [-0.25, -0.2) is 0 Å². The van der Waals surface area contributed by atoms with Gasteiger partial charge in [0.2, 0.25) is 5.91 Å². The highest BCUT2D eigenvalue weighted by Crippen LogP contribution is 2.19. The summed E-state index contributed by atoms with van der Waals surface area (Å²) in [6.45, 7) is 3.67. The zero-order chi connectivity index (χ0) is 14.8. The molecule has 2 aliphatic heterocycles. The number of aromatic hydroxyl groups is 1. The van der Waals surface area contributed by atoms with E-state index in [9.17, 15) is 14.7 Å². The molecule has 0 aromatic heterocycles. The van der Waals surface area contributed by atoms with E-state index in [2.05, 4.69) is 5.32 Å². The molecular weight excluding hydrogens is 270 g/mol. The van der Waals surface area contributed by atoms with Gasteiger partial charge in [-0.1, -0.05) is 12.1 Å². The number of benzene rings is 1. The van der Waals surface area contributed by atoms with Crippen LogP contribution in [0.4, 0.5) is 0 Å². The number of nitrogens with one attached hydrogen (secondary N) is 1. The van der Waals surface area contributed by atoms with Crippen molar-refractivity contribution in [3.8, 4) is 5.75 Å². The van der Waals surface area contributed by atoms with Crippen molar-refractivity contribution in [1.29, 1.82) is 0 Å². The van der Waals surface area contributed by atoms with Crippen LogP contribution in [0.25, 0.3) is 0 Å². The lowest BCUT2D eigenvalue weighted by Gasteiger charge is -2.38. The minimum absolute atomic E-state index is 0.00143. The zero-order valence-electron chi connectivity index (χ0n) is 11.8. The van der Waals surface area contributed by atoms with E-state index in [4.69, 9.17) is 0 Å². The van der Waals surface area contributed by atoms with Crippen LogP contribution in [0.2, 0.25) is 0 Å². The Bertz CT molecular complexity index is 549. The number of hydrogen-bond donors (Lipinski definition) is 2. The van der Waals surface area contributed by atoms with E-state index in [1.54, 1.807) is 23.1 Å². The Morgan fingerprint density at radius 3 is 2.24 bits per heavy atom. The molecule has 0 radical (unpaired) electrons. The predicted molar refractivity (Wildman–Crippen MR) is 77.0 cm³/mol. The summed E-state index contributed by atoms with van der Waals surface area (Å²) in [5.41, 5.74) is 0.320. The summed E-state index contributed by atoms with van der Waals surface area (Å²) in [6.07, 6.45) is 0. The summed E-state index contributed by atoms with van der Waals surface area (Å²) in [6, 6.07) is 6.55. The molecule has 1 aromatic rings. The minimum atomic E-state index is -0.175. The third-order valence-electron chi connectivity index (χ3n) is 4.14. The lowest BCUT2D eigenvalue weighted by molar-refractivity contribution is -0.138. The molecule has 6 heteroatoms. The third-order valence-corrected chi connectivity index (χ3v) is 4.14. The van der Waals surface area contributed by atoms with Crippen molar-refractivity contribution in [2.24, 2.45) is 5.92 Å². The summed E-state index contributed by atoms with van der Waals surface area (Å²) in [4.78, 5) is 28.0. The predicted octanol–water partition coefficient (Wildman–Crippen LogP) is -0.104. The zero-order valence-corrected chi connectivity index (χ0v) is 11.8. The summed E-state index contributed by atoms with van der Waals surface area (Å²) in [5.74, 6) is 0.112. The van der Waals surface area contributed by atoms with Crippen molar-refractivity contribution in [2.45, 2.75) is 0 Å². The molecule has 112 valence electrons. The van der Waals surface area contributed by atoms with Gasteiger partial charge in [-0.15, -0.1) is 0 Å². The highest BCUT2D eigenvalue weighted by Gasteiger charge is 2.32. The number of carbonyl (C=O) groups excluding carboxylic acids is 2. The molecular formula is C15H19N3O3. The summed E-state index contributed by atoms with van der Waals surface area (Å²) >= 11 is 0. The fourth-order valence-corrected chi connectivity index (χ4v) is 2.68. The maximum Gasteiger partial charge on any atom is 0.257 e. The van der Waals surface area contributed by atoms with Crippen LogP contribution >= 0.6 is 0 Å². The molecule has 0 aliphatic carbocycles. The Morgan fingerprint density at radius 1 is 1.05 bits per heavy atom. The molecule has 2 saturated heterocycles. The Kier molecular flexibility index (Phi) is 3.79. The number of rotatable bonds is 2. The van der Waals surface area contributed by atoms with Gasteiger partial charge in [-0.3, -0.25) is 9.59 Å². The molecule has 6 nitrogen and oxygen atoms in total. The van der Waals surface area contributed by atoms with Crippen molar-refractivity contribution in [3.05, 3.63) is 29.8 Å². The summed E-state index contributed by atoms with van der Waals surface area (Å²) in [7, 11) is 0. The minimum Gasteiger partial charge on any atom is -0.507 e. The molecule has 21 heavy (non-hydrogen) atoms. The molecule has 3 rings (SSSR count). The van der Waals surface area contributed by atoms with Crippen molar-refractivity contribution < 1.29 is 14.7 Å². The fourth-order valence-electron chi connectivity index (χ4n) is 2.68. The van der Waals surface area contributed by atoms with Crippen LogP contribution in [0.3, 0.4) is 0 Å². The van der Waals surface area contributed by atoms with E-state index >= 15 is 0 Å². The largest absolute Gasteiger partial charge is 0.507 e. The molecule has 0 saturated carbocycles. The van der Waals surface area contributed by atoms with E-state index in [1.807, 2.05) is 4.90 Å². The van der Waals surface area contributed by atoms with Gasteiger partial charge in [-0.05, 0) is 12.1 Å². The quantitative estimate of drug-likeness (QED) is 0.797. The second-order valence-electron chi connectivity index (χ2n) is 5.49. The molecule has 2 aliphatic rings. The average Bonchev–Trinajstić information content (AvgIpc) is 2.45. The first-order valence-electron chi connectivity index (χ1n) is 7.23. The van der Waals surface area contributed by atoms with Gasteiger partial charge < -0.3 is 20.2 Å². The maximum absolute atomic E-state index is 12.4. The van der Waals surface area contributed by atoms with Crippen LogP contribution in [0.15, 0.2) is 24.3 Å². The van der Waals surface area contributed by atoms with Gasteiger partial charge in [0.1, 0.15) is 5.75 Å². The molecule has 0 unspecified atom stereocenters. The van der Waals surface area contributed by atoms with Crippen LogP contribution in [0.5, 0.6) is 5.75 Å². The maximum atomic E-state index is 12.4. The summed E-state index contributed by atoms with van der Waals surface area (Å²) < 4.78 is 0. The van der Waals surface area contributed by atoms with E-state index in [-0.39, 0.29) is 23.5 Å². The second-order valence-corrected chi connectivity index (χ2v) is 5.49. The van der Waals surface area contributed by atoms with Crippen molar-refractivity contribution >= 4 is 11.8 Å². The fraction of sp³-hybridized carbons (Fsp3) is 0.467. The van der Waals surface area contributed by atoms with Crippen molar-refractivity contribution in [1.82, 2.24) is 15.1 Å². The van der Waals surface area contributed by atoms with Crippen LogP contribution in [0, 0.1) is 5.92 Å². The third kappa shape index (κ3) is 2.71. The Hall–Kier alpha value is -2.08. The van der Waals surface area contributed by atoms with E-state index in [0.29, 0.717) is 31.7 Å². The lowest BCUT2D eigenvalue weighted by Crippen LogP contribution is -2.57. The molecule has 0 atom stereocenters. The first kappa shape index (κ1) is 13.9. The number of amides is 2. The number of piperazine rings is 1. The first-order valence-corrected chi connectivity index (χ1v) is 7.23. The topological polar surface area (TPSA) is 72.9 Å². The number of carbonyl (C=O) groups is 2. The Labute approximate surface area is 123 Å². The Balaban J connectivity index is 1.59. The SMILES string of the molecule is O=C(c1ccccc1O)N1CCN(C(=O)C2CNC2)CC1. The van der Waals surface area contributed by atoms with E-state index in [1.165, 1.54) is 6.07 Å². The lowest BCUT2D eigenvalue weighted by atomic mass is 10.0. The molecule has 2 heterocycles. The molecule has 2 amide bonds. The molecule has 0 bridgehead atoms. The first-order chi connectivity index (χ1) is 10.2. The number of phenols is 1. The van der Waals surface area contributed by atoms with Crippen LogP contribution < -0.4 is 5.32 Å². The van der Waals surface area contributed by atoms with E-state index in [0.717, 1.165) is 13.1 Å². The van der Waals surface area contributed by atoms with Crippen LogP contribution in [0.1, 0.15) is 10.4 Å². The summed E-state index contributed by atoms with van der Waals surface area (Å²) in [5, 5.41) is 12.8. The van der Waals surface area contributed by atoms with Crippen LogP contribution in [-0.4, -0.2) is 66.0 Å². The average molecular weight is 289 g/mol. The van der Waals surface area contributed by atoms with Gasteiger partial charge in [0.15, 0.2) is 0 Å². The van der Waals surface area contributed by atoms with Gasteiger partial charge in [0, 0.05) is 39.3 Å².